The van der Waals surface area contributed by atoms with Crippen molar-refractivity contribution in [3.63, 3.8) is 0 Å². The first-order valence-corrected chi connectivity index (χ1v) is 5.50. The molecule has 0 fully saturated rings. The Bertz CT molecular complexity index is 113. The van der Waals surface area contributed by atoms with Crippen molar-refractivity contribution in [3.05, 3.63) is 0 Å². The number of aliphatic hydroxyl groups excluding tert-OH is 1. The Labute approximate surface area is 82.9 Å². The lowest BCUT2D eigenvalue weighted by molar-refractivity contribution is 0.162. The molecule has 80 valence electrons. The fourth-order valence-electron chi connectivity index (χ4n) is 1.51. The van der Waals surface area contributed by atoms with Crippen molar-refractivity contribution < 1.29 is 5.11 Å². The van der Waals surface area contributed by atoms with Gasteiger partial charge in [-0.2, -0.15) is 0 Å². The third kappa shape index (κ3) is 7.03. The van der Waals surface area contributed by atoms with Crippen molar-refractivity contribution in [1.29, 1.82) is 0 Å². The van der Waals surface area contributed by atoms with Crippen molar-refractivity contribution in [3.8, 4) is 0 Å². The van der Waals surface area contributed by atoms with Crippen LogP contribution in [0.15, 0.2) is 0 Å². The Morgan fingerprint density at radius 2 is 1.77 bits per heavy atom. The Hall–Kier alpha value is -0.0800. The third-order valence-corrected chi connectivity index (χ3v) is 2.31. The Morgan fingerprint density at radius 1 is 1.15 bits per heavy atom. The van der Waals surface area contributed by atoms with Crippen LogP contribution in [0.4, 0.5) is 0 Å². The predicted molar refractivity (Wildman–Crippen MR) is 57.9 cm³/mol. The molecule has 0 aromatic heterocycles. The SMILES string of the molecule is CCCN(CCCC(C)O)C(C)C. The van der Waals surface area contributed by atoms with Gasteiger partial charge in [0.25, 0.3) is 0 Å². The lowest BCUT2D eigenvalue weighted by Crippen LogP contribution is -2.32. The molecule has 0 bridgehead atoms. The van der Waals surface area contributed by atoms with E-state index in [1.54, 1.807) is 0 Å². The first-order chi connectivity index (χ1) is 6.07. The van der Waals surface area contributed by atoms with Crippen LogP contribution < -0.4 is 0 Å². The van der Waals surface area contributed by atoms with E-state index in [9.17, 15) is 0 Å². The minimum absolute atomic E-state index is 0.143. The summed E-state index contributed by atoms with van der Waals surface area (Å²) < 4.78 is 0. The smallest absolute Gasteiger partial charge is 0.0512 e. The summed E-state index contributed by atoms with van der Waals surface area (Å²) in [6.07, 6.45) is 3.10. The molecule has 2 nitrogen and oxygen atoms in total. The van der Waals surface area contributed by atoms with Crippen LogP contribution in [0.3, 0.4) is 0 Å². The molecule has 0 heterocycles. The van der Waals surface area contributed by atoms with E-state index in [1.807, 2.05) is 6.92 Å². The Balaban J connectivity index is 3.57. The van der Waals surface area contributed by atoms with Crippen LogP contribution in [0.5, 0.6) is 0 Å². The molecule has 1 atom stereocenters. The van der Waals surface area contributed by atoms with E-state index in [-0.39, 0.29) is 6.10 Å². The fourth-order valence-corrected chi connectivity index (χ4v) is 1.51. The highest BCUT2D eigenvalue weighted by Crippen LogP contribution is 2.04. The summed E-state index contributed by atoms with van der Waals surface area (Å²) in [6.45, 7) is 10.8. The zero-order chi connectivity index (χ0) is 10.3. The van der Waals surface area contributed by atoms with Crippen LogP contribution in [0.25, 0.3) is 0 Å². The van der Waals surface area contributed by atoms with E-state index >= 15 is 0 Å². The molecule has 0 rings (SSSR count). The second-order valence-corrected chi connectivity index (χ2v) is 4.12. The number of hydrogen-bond donors (Lipinski definition) is 1. The van der Waals surface area contributed by atoms with Crippen LogP contribution in [-0.4, -0.2) is 35.2 Å². The molecule has 0 saturated heterocycles. The molecule has 0 spiro atoms. The van der Waals surface area contributed by atoms with Gasteiger partial charge in [-0.25, -0.2) is 0 Å². The van der Waals surface area contributed by atoms with Crippen molar-refractivity contribution in [2.24, 2.45) is 0 Å². The van der Waals surface area contributed by atoms with Crippen LogP contribution in [0, 0.1) is 0 Å². The van der Waals surface area contributed by atoms with E-state index < -0.39 is 0 Å². The van der Waals surface area contributed by atoms with E-state index in [1.165, 1.54) is 13.0 Å². The molecule has 0 aliphatic heterocycles. The van der Waals surface area contributed by atoms with Gasteiger partial charge < -0.3 is 10.0 Å². The van der Waals surface area contributed by atoms with Gasteiger partial charge in [0.15, 0.2) is 0 Å². The summed E-state index contributed by atoms with van der Waals surface area (Å²) in [5.74, 6) is 0. The quantitative estimate of drug-likeness (QED) is 0.661. The van der Waals surface area contributed by atoms with E-state index in [2.05, 4.69) is 25.7 Å². The van der Waals surface area contributed by atoms with Crippen LogP contribution >= 0.6 is 0 Å². The van der Waals surface area contributed by atoms with Crippen LogP contribution in [0.1, 0.15) is 47.0 Å². The molecule has 0 radical (unpaired) electrons. The topological polar surface area (TPSA) is 23.5 Å². The van der Waals surface area contributed by atoms with E-state index in [0.29, 0.717) is 6.04 Å². The van der Waals surface area contributed by atoms with Gasteiger partial charge in [-0.15, -0.1) is 0 Å². The minimum Gasteiger partial charge on any atom is -0.393 e. The molecule has 2 heteroatoms. The summed E-state index contributed by atoms with van der Waals surface area (Å²) >= 11 is 0. The second kappa shape index (κ2) is 7.34. The first kappa shape index (κ1) is 12.9. The molecular formula is C11H25NO. The lowest BCUT2D eigenvalue weighted by Gasteiger charge is -2.26. The maximum Gasteiger partial charge on any atom is 0.0512 e. The van der Waals surface area contributed by atoms with Crippen molar-refractivity contribution in [2.75, 3.05) is 13.1 Å². The Kier molecular flexibility index (Phi) is 7.29. The average Bonchev–Trinajstić information content (AvgIpc) is 2.02. The van der Waals surface area contributed by atoms with Gasteiger partial charge in [-0.05, 0) is 53.1 Å². The summed E-state index contributed by atoms with van der Waals surface area (Å²) in [5.41, 5.74) is 0. The molecule has 0 amide bonds. The van der Waals surface area contributed by atoms with E-state index in [0.717, 1.165) is 19.4 Å². The number of nitrogens with zero attached hydrogens (tertiary/aromatic N) is 1. The van der Waals surface area contributed by atoms with Gasteiger partial charge in [0.05, 0.1) is 6.10 Å². The molecule has 0 aromatic carbocycles. The second-order valence-electron chi connectivity index (χ2n) is 4.12. The highest BCUT2D eigenvalue weighted by Gasteiger charge is 2.07. The van der Waals surface area contributed by atoms with Gasteiger partial charge in [0.2, 0.25) is 0 Å². The van der Waals surface area contributed by atoms with Crippen molar-refractivity contribution in [2.45, 2.75) is 59.1 Å². The third-order valence-electron chi connectivity index (χ3n) is 2.31. The highest BCUT2D eigenvalue weighted by molar-refractivity contribution is 4.62. The normalized spacial score (nSPS) is 14.1. The summed E-state index contributed by atoms with van der Waals surface area (Å²) in [5, 5.41) is 9.12. The zero-order valence-corrected chi connectivity index (χ0v) is 9.58. The maximum absolute atomic E-state index is 9.12. The minimum atomic E-state index is -0.143. The molecular weight excluding hydrogens is 162 g/mol. The standard InChI is InChI=1S/C11H25NO/c1-5-8-12(10(2)3)9-6-7-11(4)13/h10-11,13H,5-9H2,1-4H3. The van der Waals surface area contributed by atoms with Gasteiger partial charge in [0.1, 0.15) is 0 Å². The van der Waals surface area contributed by atoms with Crippen molar-refractivity contribution in [1.82, 2.24) is 4.90 Å². The summed E-state index contributed by atoms with van der Waals surface area (Å²) in [7, 11) is 0. The van der Waals surface area contributed by atoms with Gasteiger partial charge in [0, 0.05) is 6.04 Å². The molecule has 0 aromatic rings. The average molecular weight is 187 g/mol. The maximum atomic E-state index is 9.12. The molecule has 0 saturated carbocycles. The number of hydrogen-bond acceptors (Lipinski definition) is 2. The van der Waals surface area contributed by atoms with E-state index in [4.69, 9.17) is 5.11 Å². The van der Waals surface area contributed by atoms with Crippen LogP contribution in [0.2, 0.25) is 0 Å². The van der Waals surface area contributed by atoms with Crippen molar-refractivity contribution >= 4 is 0 Å². The number of rotatable bonds is 7. The Morgan fingerprint density at radius 3 is 2.15 bits per heavy atom. The van der Waals surface area contributed by atoms with Crippen LogP contribution in [-0.2, 0) is 0 Å². The molecule has 0 aliphatic carbocycles. The summed E-state index contributed by atoms with van der Waals surface area (Å²) in [6, 6.07) is 0.633. The number of aliphatic hydroxyl groups is 1. The monoisotopic (exact) mass is 187 g/mol. The molecule has 0 aliphatic rings. The molecule has 13 heavy (non-hydrogen) atoms. The highest BCUT2D eigenvalue weighted by atomic mass is 16.3. The van der Waals surface area contributed by atoms with Gasteiger partial charge in [-0.1, -0.05) is 6.92 Å². The predicted octanol–water partition coefficient (Wildman–Crippen LogP) is 2.27. The molecule has 1 unspecified atom stereocenters. The largest absolute Gasteiger partial charge is 0.393 e. The lowest BCUT2D eigenvalue weighted by atomic mass is 10.2. The van der Waals surface area contributed by atoms with Gasteiger partial charge >= 0.3 is 0 Å². The zero-order valence-electron chi connectivity index (χ0n) is 9.58. The first-order valence-electron chi connectivity index (χ1n) is 5.50. The molecule has 1 N–H and O–H groups in total. The summed E-state index contributed by atoms with van der Waals surface area (Å²) in [4.78, 5) is 2.47. The van der Waals surface area contributed by atoms with Gasteiger partial charge in [-0.3, -0.25) is 0 Å². The fraction of sp³-hybridized carbons (Fsp3) is 1.00.